The number of halogens is 4. The molecule has 204 valence electrons. The molecule has 1 heterocycles. The second kappa shape index (κ2) is 13.1. The van der Waals surface area contributed by atoms with E-state index in [1.807, 2.05) is 17.0 Å². The molecule has 1 fully saturated rings. The molecule has 1 atom stereocenters. The maximum absolute atomic E-state index is 12.8. The summed E-state index contributed by atoms with van der Waals surface area (Å²) in [6, 6.07) is 17.0. The number of piperazine rings is 1. The highest BCUT2D eigenvalue weighted by atomic mass is 35.5. The Kier molecular flexibility index (Phi) is 9.80. The van der Waals surface area contributed by atoms with E-state index in [1.165, 1.54) is 6.07 Å². The number of ether oxygens (including phenoxy) is 1. The maximum Gasteiger partial charge on any atom is 0.266 e. The number of benzene rings is 3. The van der Waals surface area contributed by atoms with Gasteiger partial charge in [0.25, 0.3) is 11.8 Å². The van der Waals surface area contributed by atoms with Crippen molar-refractivity contribution in [1.29, 1.82) is 0 Å². The monoisotopic (exact) mass is 624 g/mol. The van der Waals surface area contributed by atoms with E-state index >= 15 is 0 Å². The summed E-state index contributed by atoms with van der Waals surface area (Å²) >= 11 is 29.8. The molecule has 1 unspecified atom stereocenters. The molecule has 2 N–H and O–H groups in total. The SMILES string of the molecule is CC(Oc1ccc(Cl)cc1Cl)C(=O)NC(=S)Nc1ccc(N2CCN(C(=O)c3ccc(Cl)cc3)CC2)c(Cl)c1. The van der Waals surface area contributed by atoms with Crippen molar-refractivity contribution in [2.75, 3.05) is 36.4 Å². The maximum atomic E-state index is 12.8. The van der Waals surface area contributed by atoms with Crippen molar-refractivity contribution >= 4 is 86.9 Å². The molecule has 12 heteroatoms. The number of amides is 2. The predicted octanol–water partition coefficient (Wildman–Crippen LogP) is 6.54. The third-order valence-electron chi connectivity index (χ3n) is 6.01. The first-order valence-electron chi connectivity index (χ1n) is 11.9. The number of hydrogen-bond acceptors (Lipinski definition) is 5. The van der Waals surface area contributed by atoms with Crippen LogP contribution in [0.4, 0.5) is 11.4 Å². The summed E-state index contributed by atoms with van der Waals surface area (Å²) < 4.78 is 5.62. The second-order valence-corrected chi connectivity index (χ2v) is 10.8. The normalized spacial score (nSPS) is 14.0. The minimum atomic E-state index is -0.861. The Hall–Kier alpha value is -2.75. The van der Waals surface area contributed by atoms with Crippen LogP contribution in [0.25, 0.3) is 0 Å². The summed E-state index contributed by atoms with van der Waals surface area (Å²) in [5.41, 5.74) is 2.07. The summed E-state index contributed by atoms with van der Waals surface area (Å²) in [5.74, 6) is -0.143. The third-order valence-corrected chi connectivity index (χ3v) is 7.30. The number of nitrogens with one attached hydrogen (secondary N) is 2. The van der Waals surface area contributed by atoms with Crippen molar-refractivity contribution in [3.8, 4) is 5.75 Å². The molecule has 0 spiro atoms. The van der Waals surface area contributed by atoms with E-state index in [0.717, 1.165) is 5.69 Å². The number of nitrogens with zero attached hydrogens (tertiary/aromatic N) is 2. The van der Waals surface area contributed by atoms with Crippen LogP contribution in [0.5, 0.6) is 5.75 Å². The highest BCUT2D eigenvalue weighted by Gasteiger charge is 2.24. The van der Waals surface area contributed by atoms with Gasteiger partial charge in [-0.15, -0.1) is 0 Å². The van der Waals surface area contributed by atoms with Gasteiger partial charge in [-0.1, -0.05) is 46.4 Å². The topological polar surface area (TPSA) is 73.9 Å². The lowest BCUT2D eigenvalue weighted by atomic mass is 10.1. The summed E-state index contributed by atoms with van der Waals surface area (Å²) in [7, 11) is 0. The summed E-state index contributed by atoms with van der Waals surface area (Å²) in [6.07, 6.45) is -0.861. The first-order valence-corrected chi connectivity index (χ1v) is 13.9. The molecule has 0 saturated carbocycles. The molecule has 2 amide bonds. The van der Waals surface area contributed by atoms with Crippen LogP contribution in [0.2, 0.25) is 20.1 Å². The average molecular weight is 626 g/mol. The minimum absolute atomic E-state index is 0.0245. The number of thiocarbonyl (C=S) groups is 1. The van der Waals surface area contributed by atoms with Crippen LogP contribution in [0.3, 0.4) is 0 Å². The lowest BCUT2D eigenvalue weighted by molar-refractivity contribution is -0.125. The molecule has 3 aromatic carbocycles. The fraction of sp³-hybridized carbons (Fsp3) is 0.222. The number of rotatable bonds is 6. The number of hydrogen-bond donors (Lipinski definition) is 2. The molecule has 3 aromatic rings. The van der Waals surface area contributed by atoms with E-state index in [2.05, 4.69) is 15.5 Å². The smallest absolute Gasteiger partial charge is 0.266 e. The van der Waals surface area contributed by atoms with Gasteiger partial charge in [-0.05, 0) is 79.8 Å². The van der Waals surface area contributed by atoms with Gasteiger partial charge in [-0.25, -0.2) is 0 Å². The van der Waals surface area contributed by atoms with Crippen LogP contribution in [0, 0.1) is 0 Å². The fourth-order valence-corrected chi connectivity index (χ4v) is 5.05. The van der Waals surface area contributed by atoms with Gasteiger partial charge in [-0.2, -0.15) is 0 Å². The van der Waals surface area contributed by atoms with Crippen molar-refractivity contribution in [2.24, 2.45) is 0 Å². The molecule has 1 aliphatic heterocycles. The van der Waals surface area contributed by atoms with Crippen molar-refractivity contribution in [3.63, 3.8) is 0 Å². The largest absolute Gasteiger partial charge is 0.479 e. The highest BCUT2D eigenvalue weighted by Crippen LogP contribution is 2.30. The summed E-state index contributed by atoms with van der Waals surface area (Å²) in [5, 5.41) is 7.52. The van der Waals surface area contributed by atoms with Crippen LogP contribution in [-0.2, 0) is 4.79 Å². The average Bonchev–Trinajstić information content (AvgIpc) is 2.90. The van der Waals surface area contributed by atoms with Crippen LogP contribution in [0.15, 0.2) is 60.7 Å². The Labute approximate surface area is 251 Å². The van der Waals surface area contributed by atoms with Gasteiger partial charge >= 0.3 is 0 Å². The predicted molar refractivity (Wildman–Crippen MR) is 162 cm³/mol. The molecule has 4 rings (SSSR count). The van der Waals surface area contributed by atoms with E-state index in [0.29, 0.717) is 63.3 Å². The van der Waals surface area contributed by atoms with Gasteiger partial charge in [0.1, 0.15) is 5.75 Å². The number of carbonyl (C=O) groups excluding carboxylic acids is 2. The molecular weight excluding hydrogens is 602 g/mol. The molecule has 0 aliphatic carbocycles. The van der Waals surface area contributed by atoms with Crippen LogP contribution >= 0.6 is 58.6 Å². The van der Waals surface area contributed by atoms with Crippen LogP contribution in [0.1, 0.15) is 17.3 Å². The summed E-state index contributed by atoms with van der Waals surface area (Å²) in [4.78, 5) is 29.2. The lowest BCUT2D eigenvalue weighted by Gasteiger charge is -2.36. The van der Waals surface area contributed by atoms with E-state index < -0.39 is 12.0 Å². The van der Waals surface area contributed by atoms with Crippen molar-refractivity contribution < 1.29 is 14.3 Å². The third kappa shape index (κ3) is 7.68. The highest BCUT2D eigenvalue weighted by molar-refractivity contribution is 7.80. The Bertz CT molecular complexity index is 1380. The van der Waals surface area contributed by atoms with Crippen molar-refractivity contribution in [1.82, 2.24) is 10.2 Å². The Morgan fingerprint density at radius 2 is 1.54 bits per heavy atom. The Morgan fingerprint density at radius 1 is 0.872 bits per heavy atom. The standard InChI is InChI=1S/C27H24Cl4N4O3S/c1-16(38-24-9-6-19(29)14-22(24)31)25(36)33-27(39)32-20-7-8-23(21(30)15-20)34-10-12-35(13-11-34)26(37)17-2-4-18(28)5-3-17/h2-9,14-16H,10-13H2,1H3,(H2,32,33,36,39). The molecule has 0 bridgehead atoms. The molecule has 39 heavy (non-hydrogen) atoms. The minimum Gasteiger partial charge on any atom is -0.479 e. The quantitative estimate of drug-likeness (QED) is 0.303. The molecule has 1 saturated heterocycles. The van der Waals surface area contributed by atoms with E-state index in [1.54, 1.807) is 49.4 Å². The molecule has 7 nitrogen and oxygen atoms in total. The van der Waals surface area contributed by atoms with Crippen LogP contribution in [-0.4, -0.2) is 54.1 Å². The first-order chi connectivity index (χ1) is 18.6. The van der Waals surface area contributed by atoms with E-state index in [9.17, 15) is 9.59 Å². The van der Waals surface area contributed by atoms with Gasteiger partial charge in [-0.3, -0.25) is 14.9 Å². The fourth-order valence-electron chi connectivity index (χ4n) is 3.96. The molecule has 1 aliphatic rings. The Balaban J connectivity index is 1.28. The number of anilines is 2. The van der Waals surface area contributed by atoms with Gasteiger partial charge in [0.2, 0.25) is 0 Å². The molecule has 0 radical (unpaired) electrons. The lowest BCUT2D eigenvalue weighted by Crippen LogP contribution is -2.48. The van der Waals surface area contributed by atoms with Crippen molar-refractivity contribution in [3.05, 3.63) is 86.3 Å². The van der Waals surface area contributed by atoms with E-state index in [-0.39, 0.29) is 11.0 Å². The van der Waals surface area contributed by atoms with E-state index in [4.69, 9.17) is 63.4 Å². The van der Waals surface area contributed by atoms with Gasteiger partial charge in [0, 0.05) is 47.5 Å². The van der Waals surface area contributed by atoms with Gasteiger partial charge in [0.15, 0.2) is 11.2 Å². The zero-order chi connectivity index (χ0) is 28.1. The molecular formula is C27H24Cl4N4O3S. The second-order valence-electron chi connectivity index (χ2n) is 8.73. The van der Waals surface area contributed by atoms with Crippen molar-refractivity contribution in [2.45, 2.75) is 13.0 Å². The van der Waals surface area contributed by atoms with Crippen LogP contribution < -0.4 is 20.3 Å². The summed E-state index contributed by atoms with van der Waals surface area (Å²) in [6.45, 7) is 3.98. The van der Waals surface area contributed by atoms with Gasteiger partial charge in [0.05, 0.1) is 15.7 Å². The van der Waals surface area contributed by atoms with Gasteiger partial charge < -0.3 is 19.9 Å². The Morgan fingerprint density at radius 3 is 2.18 bits per heavy atom. The molecule has 0 aromatic heterocycles. The zero-order valence-electron chi connectivity index (χ0n) is 20.7. The first kappa shape index (κ1) is 29.2. The number of carbonyl (C=O) groups is 2. The zero-order valence-corrected chi connectivity index (χ0v) is 24.6.